The Morgan fingerprint density at radius 3 is 2.03 bits per heavy atom. The molecule has 2 fully saturated rings. The van der Waals surface area contributed by atoms with E-state index in [1.54, 1.807) is 11.1 Å². The maximum Gasteiger partial charge on any atom is 0.0430 e. The molecule has 0 nitrogen and oxygen atoms in total. The van der Waals surface area contributed by atoms with Crippen molar-refractivity contribution in [2.45, 2.75) is 87.5 Å². The summed E-state index contributed by atoms with van der Waals surface area (Å²) in [6.07, 6.45) is 10.1. The van der Waals surface area contributed by atoms with Crippen LogP contribution in [0.15, 0.2) is 84.1 Å². The van der Waals surface area contributed by atoms with E-state index < -0.39 is 0 Å². The molecule has 4 rings (SSSR count). The van der Waals surface area contributed by atoms with Crippen molar-refractivity contribution in [3.05, 3.63) is 84.1 Å². The Balaban J connectivity index is 2.11. The lowest BCUT2D eigenvalue weighted by atomic mass is 9.31. The zero-order valence-corrected chi connectivity index (χ0v) is 22.7. The molecule has 0 amide bonds. The van der Waals surface area contributed by atoms with E-state index in [0.29, 0.717) is 0 Å². The van der Waals surface area contributed by atoms with Crippen LogP contribution in [0.5, 0.6) is 0 Å². The molecule has 4 atom stereocenters. The average Bonchev–Trinajstić information content (AvgIpc) is 2.73. The van der Waals surface area contributed by atoms with Gasteiger partial charge < -0.3 is 0 Å². The molecule has 2 bridgehead atoms. The highest BCUT2D eigenvalue weighted by Gasteiger charge is 2.70. The van der Waals surface area contributed by atoms with Gasteiger partial charge in [0.25, 0.3) is 0 Å². The summed E-state index contributed by atoms with van der Waals surface area (Å²) in [5.74, 6) is 0. The fourth-order valence-corrected chi connectivity index (χ4v) is 8.97. The molecular weight excluding hydrogens is 396 g/mol. The Morgan fingerprint density at radius 2 is 1.48 bits per heavy atom. The van der Waals surface area contributed by atoms with Crippen LogP contribution in [0.3, 0.4) is 0 Å². The second-order valence-corrected chi connectivity index (χ2v) is 13.2. The molecule has 0 heteroatoms. The lowest BCUT2D eigenvalue weighted by Gasteiger charge is -2.71. The number of allylic oxidation sites excluding steroid dienone is 9. The van der Waals surface area contributed by atoms with Crippen LogP contribution in [0, 0.1) is 32.5 Å². The Labute approximate surface area is 204 Å². The Bertz CT molecular complexity index is 1070. The molecular formula is C33H46. The summed E-state index contributed by atoms with van der Waals surface area (Å²) >= 11 is 0. The number of rotatable bonds is 2. The monoisotopic (exact) mass is 442 g/mol. The van der Waals surface area contributed by atoms with Gasteiger partial charge in [-0.2, -0.15) is 0 Å². The Morgan fingerprint density at radius 1 is 0.879 bits per heavy atom. The molecule has 0 aromatic rings. The van der Waals surface area contributed by atoms with Gasteiger partial charge in [0.1, 0.15) is 0 Å². The van der Waals surface area contributed by atoms with Crippen LogP contribution in [-0.4, -0.2) is 0 Å². The van der Waals surface area contributed by atoms with Crippen molar-refractivity contribution < 1.29 is 0 Å². The summed E-state index contributed by atoms with van der Waals surface area (Å²) in [6, 6.07) is 0. The maximum atomic E-state index is 4.85. The van der Waals surface area contributed by atoms with Crippen LogP contribution in [0.25, 0.3) is 0 Å². The molecule has 0 aromatic carbocycles. The molecule has 2 saturated carbocycles. The van der Waals surface area contributed by atoms with Gasteiger partial charge in [-0.1, -0.05) is 133 Å². The molecule has 0 aromatic heterocycles. The van der Waals surface area contributed by atoms with Gasteiger partial charge >= 0.3 is 0 Å². The minimum absolute atomic E-state index is 0.0561. The van der Waals surface area contributed by atoms with E-state index in [1.807, 2.05) is 0 Å². The topological polar surface area (TPSA) is 0 Å². The zero-order valence-electron chi connectivity index (χ0n) is 22.7. The fraction of sp³-hybridized carbons (Fsp3) is 0.576. The van der Waals surface area contributed by atoms with Crippen molar-refractivity contribution in [1.29, 1.82) is 0 Å². The van der Waals surface area contributed by atoms with E-state index in [1.165, 1.54) is 27.9 Å². The SMILES string of the molecule is C=C1C=CC2(CCC3(C)C(=C2C)C[C@]2(C)C(=C)C(C)(C)C(=C)[C@@]3(C(=C)CC)C2=C)C(C)(C)C1. The number of fused-ring (bicyclic) bond motifs is 4. The van der Waals surface area contributed by atoms with E-state index in [0.717, 1.165) is 32.1 Å². The van der Waals surface area contributed by atoms with Crippen LogP contribution >= 0.6 is 0 Å². The summed E-state index contributed by atoms with van der Waals surface area (Å²) in [6.45, 7) is 42.6. The van der Waals surface area contributed by atoms with Crippen molar-refractivity contribution in [2.75, 3.05) is 0 Å². The molecule has 33 heavy (non-hydrogen) atoms. The van der Waals surface area contributed by atoms with Gasteiger partial charge in [-0.15, -0.1) is 0 Å². The zero-order chi connectivity index (χ0) is 25.0. The molecule has 1 spiro atoms. The second kappa shape index (κ2) is 6.65. The molecule has 4 aliphatic carbocycles. The third-order valence-electron chi connectivity index (χ3n) is 11.3. The van der Waals surface area contributed by atoms with E-state index in [-0.39, 0.29) is 32.5 Å². The van der Waals surface area contributed by atoms with Gasteiger partial charge in [0.15, 0.2) is 0 Å². The first kappa shape index (κ1) is 24.3. The summed E-state index contributed by atoms with van der Waals surface area (Å²) < 4.78 is 0. The molecule has 0 saturated heterocycles. The highest BCUT2D eigenvalue weighted by atomic mass is 14.7. The van der Waals surface area contributed by atoms with Crippen molar-refractivity contribution >= 4 is 0 Å². The van der Waals surface area contributed by atoms with Gasteiger partial charge in [0.05, 0.1) is 0 Å². The molecule has 0 heterocycles. The molecule has 0 N–H and O–H groups in total. The standard InChI is InChI=1S/C33H46/c1-14-22(3)33-25(6)29(10,11)24(5)30(12,26(33)7)20-27-23(4)32(18-17-31(27,33)13)16-15-21(2)19-28(32,8)9/h15-16H,2-3,5-7,14,17-20H2,1,4,8-13H3/t30-,31?,32?,33+/m1/s1. The van der Waals surface area contributed by atoms with Crippen LogP contribution < -0.4 is 0 Å². The minimum Gasteiger partial charge on any atom is -0.0986 e. The average molecular weight is 443 g/mol. The quantitative estimate of drug-likeness (QED) is 0.373. The van der Waals surface area contributed by atoms with Crippen molar-refractivity contribution in [2.24, 2.45) is 32.5 Å². The van der Waals surface area contributed by atoms with Crippen molar-refractivity contribution in [1.82, 2.24) is 0 Å². The predicted octanol–water partition coefficient (Wildman–Crippen LogP) is 9.70. The molecule has 0 radical (unpaired) electrons. The first-order chi connectivity index (χ1) is 15.0. The van der Waals surface area contributed by atoms with Crippen LogP contribution in [0.2, 0.25) is 0 Å². The number of hydrogen-bond acceptors (Lipinski definition) is 0. The summed E-state index contributed by atoms with van der Waals surface area (Å²) in [7, 11) is 0. The maximum absolute atomic E-state index is 4.85. The van der Waals surface area contributed by atoms with E-state index >= 15 is 0 Å². The van der Waals surface area contributed by atoms with Gasteiger partial charge in [-0.3, -0.25) is 0 Å². The summed E-state index contributed by atoms with van der Waals surface area (Å²) in [5, 5.41) is 0. The van der Waals surface area contributed by atoms with Gasteiger partial charge in [0.2, 0.25) is 0 Å². The Hall–Kier alpha value is -1.82. The van der Waals surface area contributed by atoms with Crippen LogP contribution in [-0.2, 0) is 0 Å². The minimum atomic E-state index is -0.302. The third kappa shape index (κ3) is 2.44. The van der Waals surface area contributed by atoms with E-state index in [2.05, 4.69) is 74.1 Å². The normalized spacial score (nSPS) is 41.5. The first-order valence-electron chi connectivity index (χ1n) is 12.9. The molecule has 2 unspecified atom stereocenters. The van der Waals surface area contributed by atoms with Gasteiger partial charge in [-0.25, -0.2) is 0 Å². The lowest BCUT2D eigenvalue weighted by molar-refractivity contribution is 0.0257. The lowest BCUT2D eigenvalue weighted by Crippen LogP contribution is -2.62. The fourth-order valence-electron chi connectivity index (χ4n) is 8.97. The van der Waals surface area contributed by atoms with Crippen molar-refractivity contribution in [3.8, 4) is 0 Å². The summed E-state index contributed by atoms with van der Waals surface area (Å²) in [4.78, 5) is 0. The highest BCUT2D eigenvalue weighted by molar-refractivity contribution is 5.63. The van der Waals surface area contributed by atoms with Gasteiger partial charge in [0, 0.05) is 27.1 Å². The van der Waals surface area contributed by atoms with Crippen molar-refractivity contribution in [3.63, 3.8) is 0 Å². The molecule has 178 valence electrons. The Kier molecular flexibility index (Phi) is 4.90. The smallest absolute Gasteiger partial charge is 0.0430 e. The predicted molar refractivity (Wildman–Crippen MR) is 145 cm³/mol. The second-order valence-electron chi connectivity index (χ2n) is 13.2. The van der Waals surface area contributed by atoms with E-state index in [4.69, 9.17) is 26.3 Å². The third-order valence-corrected chi connectivity index (χ3v) is 11.3. The number of hydrogen-bond donors (Lipinski definition) is 0. The highest BCUT2D eigenvalue weighted by Crippen LogP contribution is 2.79. The molecule has 4 aliphatic rings. The summed E-state index contributed by atoms with van der Waals surface area (Å²) in [5.41, 5.74) is 9.04. The van der Waals surface area contributed by atoms with Crippen LogP contribution in [0.4, 0.5) is 0 Å². The largest absolute Gasteiger partial charge is 0.0986 e. The first-order valence-corrected chi connectivity index (χ1v) is 12.9. The molecule has 0 aliphatic heterocycles. The van der Waals surface area contributed by atoms with Gasteiger partial charge in [-0.05, 0) is 44.4 Å². The van der Waals surface area contributed by atoms with E-state index in [9.17, 15) is 0 Å². The van der Waals surface area contributed by atoms with Crippen LogP contribution in [0.1, 0.15) is 87.5 Å².